The van der Waals surface area contributed by atoms with Crippen molar-refractivity contribution in [3.8, 4) is 28.8 Å². The zero-order chi connectivity index (χ0) is 23.5. The maximum atomic E-state index is 12.4. The highest BCUT2D eigenvalue weighted by Crippen LogP contribution is 2.33. The first-order valence-electron chi connectivity index (χ1n) is 11.8. The summed E-state index contributed by atoms with van der Waals surface area (Å²) >= 11 is 0. The molecule has 1 heterocycles. The van der Waals surface area contributed by atoms with Gasteiger partial charge in [-0.3, -0.25) is 4.79 Å². The number of anilines is 1. The van der Waals surface area contributed by atoms with E-state index in [0.29, 0.717) is 29.3 Å². The smallest absolute Gasteiger partial charge is 0.251 e. The maximum absolute atomic E-state index is 12.4. The molecule has 0 radical (unpaired) electrons. The van der Waals surface area contributed by atoms with E-state index in [-0.39, 0.29) is 11.9 Å². The van der Waals surface area contributed by atoms with Crippen molar-refractivity contribution in [1.29, 1.82) is 0 Å². The van der Waals surface area contributed by atoms with Gasteiger partial charge in [-0.15, -0.1) is 0 Å². The average molecular weight is 456 g/mol. The van der Waals surface area contributed by atoms with E-state index >= 15 is 0 Å². The standard InChI is InChI=1S/C27H29N5O2/c1-3-13-28-23-5-4-6-24(23)32-27-29-16-19-14-17(8-12-22(19)31-27)21-11-7-18(15-25(21)34-2)26(33)30-20-9-10-20/h7-8,11-12,14-16,20,23-24,28H,4-6,9-10H2,1-2H3,(H,30,33)(H,29,31,32)/t23-,24+/m0/s1. The van der Waals surface area contributed by atoms with Gasteiger partial charge in [0.1, 0.15) is 5.75 Å². The van der Waals surface area contributed by atoms with Crippen LogP contribution in [0.4, 0.5) is 5.95 Å². The molecule has 2 saturated carbocycles. The van der Waals surface area contributed by atoms with Crippen molar-refractivity contribution in [3.63, 3.8) is 0 Å². The molecule has 1 amide bonds. The first-order valence-corrected chi connectivity index (χ1v) is 11.8. The van der Waals surface area contributed by atoms with E-state index in [2.05, 4.69) is 39.0 Å². The van der Waals surface area contributed by atoms with E-state index in [4.69, 9.17) is 9.72 Å². The highest BCUT2D eigenvalue weighted by Gasteiger charge is 2.27. The second-order valence-corrected chi connectivity index (χ2v) is 8.94. The number of fused-ring (bicyclic) bond motifs is 1. The summed E-state index contributed by atoms with van der Waals surface area (Å²) in [7, 11) is 1.63. The van der Waals surface area contributed by atoms with Crippen LogP contribution in [0, 0.1) is 12.0 Å². The Balaban J connectivity index is 1.36. The quantitative estimate of drug-likeness (QED) is 0.367. The Morgan fingerprint density at radius 2 is 1.94 bits per heavy atom. The van der Waals surface area contributed by atoms with E-state index < -0.39 is 0 Å². The number of nitrogens with one attached hydrogen (secondary N) is 3. The zero-order valence-corrected chi connectivity index (χ0v) is 19.5. The molecule has 2 aromatic carbocycles. The summed E-state index contributed by atoms with van der Waals surface area (Å²) in [5.74, 6) is 4.14. The Bertz CT molecular complexity index is 1270. The van der Waals surface area contributed by atoms with Crippen molar-refractivity contribution in [2.45, 2.75) is 57.2 Å². The number of methoxy groups -OCH3 is 1. The Labute approximate surface area is 199 Å². The van der Waals surface area contributed by atoms with Crippen LogP contribution < -0.4 is 20.7 Å². The van der Waals surface area contributed by atoms with E-state index in [1.165, 1.54) is 0 Å². The van der Waals surface area contributed by atoms with E-state index in [9.17, 15) is 4.79 Å². The molecule has 3 aromatic rings. The van der Waals surface area contributed by atoms with Gasteiger partial charge in [-0.25, -0.2) is 9.97 Å². The van der Waals surface area contributed by atoms with Gasteiger partial charge in [0.25, 0.3) is 5.91 Å². The lowest BCUT2D eigenvalue weighted by Gasteiger charge is -2.20. The van der Waals surface area contributed by atoms with Crippen molar-refractivity contribution in [3.05, 3.63) is 48.2 Å². The number of amides is 1. The van der Waals surface area contributed by atoms with Crippen LogP contribution in [0.5, 0.6) is 5.75 Å². The second kappa shape index (κ2) is 9.60. The third kappa shape index (κ3) is 4.76. The largest absolute Gasteiger partial charge is 0.496 e. The molecule has 5 rings (SSSR count). The van der Waals surface area contributed by atoms with Crippen LogP contribution in [-0.4, -0.2) is 41.1 Å². The topological polar surface area (TPSA) is 88.2 Å². The van der Waals surface area contributed by atoms with Gasteiger partial charge >= 0.3 is 0 Å². The summed E-state index contributed by atoms with van der Waals surface area (Å²) in [6.45, 7) is 1.83. The number of benzene rings is 2. The molecule has 34 heavy (non-hydrogen) atoms. The third-order valence-corrected chi connectivity index (χ3v) is 6.48. The van der Waals surface area contributed by atoms with Crippen molar-refractivity contribution in [1.82, 2.24) is 20.6 Å². The predicted octanol–water partition coefficient (Wildman–Crippen LogP) is 4.10. The normalized spacial score (nSPS) is 19.2. The van der Waals surface area contributed by atoms with Gasteiger partial charge in [0.2, 0.25) is 5.95 Å². The number of hydrogen-bond acceptors (Lipinski definition) is 6. The molecule has 2 fully saturated rings. The van der Waals surface area contributed by atoms with Crippen LogP contribution in [0.15, 0.2) is 42.6 Å². The Morgan fingerprint density at radius 1 is 1.09 bits per heavy atom. The van der Waals surface area contributed by atoms with Gasteiger partial charge in [-0.05, 0) is 74.9 Å². The molecule has 0 spiro atoms. The summed E-state index contributed by atoms with van der Waals surface area (Å²) < 4.78 is 5.62. The molecule has 7 heteroatoms. The lowest BCUT2D eigenvalue weighted by Crippen LogP contribution is -2.38. The van der Waals surface area contributed by atoms with Crippen molar-refractivity contribution >= 4 is 22.8 Å². The molecule has 0 saturated heterocycles. The predicted molar refractivity (Wildman–Crippen MR) is 134 cm³/mol. The molecule has 2 aliphatic carbocycles. The fourth-order valence-corrected chi connectivity index (χ4v) is 4.47. The Kier molecular flexibility index (Phi) is 6.22. The first-order chi connectivity index (χ1) is 16.6. The molecule has 1 aromatic heterocycles. The number of hydrogen-bond donors (Lipinski definition) is 3. The van der Waals surface area contributed by atoms with E-state index in [1.54, 1.807) is 13.2 Å². The summed E-state index contributed by atoms with van der Waals surface area (Å²) in [5, 5.41) is 10.7. The number of rotatable bonds is 7. The molecule has 2 atom stereocenters. The van der Waals surface area contributed by atoms with E-state index in [0.717, 1.165) is 54.1 Å². The molecule has 0 unspecified atom stereocenters. The van der Waals surface area contributed by atoms with Gasteiger partial charge < -0.3 is 20.7 Å². The van der Waals surface area contributed by atoms with Gasteiger partial charge in [0.05, 0.1) is 18.7 Å². The molecule has 0 bridgehead atoms. The minimum absolute atomic E-state index is 0.0549. The lowest BCUT2D eigenvalue weighted by atomic mass is 10.0. The summed E-state index contributed by atoms with van der Waals surface area (Å²) in [6, 6.07) is 15.5. The van der Waals surface area contributed by atoms with Gasteiger partial charge in [-0.1, -0.05) is 12.0 Å². The Hall–Kier alpha value is -3.79. The minimum atomic E-state index is -0.0549. The molecule has 3 N–H and O–H groups in total. The minimum Gasteiger partial charge on any atom is -0.496 e. The van der Waals surface area contributed by atoms with Crippen LogP contribution in [0.2, 0.25) is 0 Å². The molecule has 2 aliphatic rings. The van der Waals surface area contributed by atoms with Crippen LogP contribution in [0.1, 0.15) is 49.4 Å². The molecule has 7 nitrogen and oxygen atoms in total. The number of ether oxygens (including phenoxy) is 1. The number of aromatic nitrogens is 2. The van der Waals surface area contributed by atoms with Crippen molar-refractivity contribution in [2.75, 3.05) is 12.4 Å². The van der Waals surface area contributed by atoms with Crippen LogP contribution >= 0.6 is 0 Å². The second-order valence-electron chi connectivity index (χ2n) is 8.94. The molecule has 174 valence electrons. The van der Waals surface area contributed by atoms with Gasteiger partial charge in [-0.2, -0.15) is 0 Å². The van der Waals surface area contributed by atoms with Crippen LogP contribution in [0.3, 0.4) is 0 Å². The number of carbonyl (C=O) groups excluding carboxylic acids is 1. The highest BCUT2D eigenvalue weighted by atomic mass is 16.5. The third-order valence-electron chi connectivity index (χ3n) is 6.48. The summed E-state index contributed by atoms with van der Waals surface area (Å²) in [6.07, 6.45) is 7.28. The lowest BCUT2D eigenvalue weighted by molar-refractivity contribution is 0.0950. The molecular weight excluding hydrogens is 426 g/mol. The summed E-state index contributed by atoms with van der Waals surface area (Å²) in [4.78, 5) is 21.7. The fraction of sp³-hybridized carbons (Fsp3) is 0.370. The number of nitrogens with zero attached hydrogens (tertiary/aromatic N) is 2. The Morgan fingerprint density at radius 3 is 2.74 bits per heavy atom. The molecule has 0 aliphatic heterocycles. The fourth-order valence-electron chi connectivity index (χ4n) is 4.47. The summed E-state index contributed by atoms with van der Waals surface area (Å²) in [5.41, 5.74) is 3.39. The van der Waals surface area contributed by atoms with E-state index in [1.807, 2.05) is 37.4 Å². The monoisotopic (exact) mass is 455 g/mol. The maximum Gasteiger partial charge on any atom is 0.251 e. The number of carbonyl (C=O) groups is 1. The molecular formula is C27H29N5O2. The SMILES string of the molecule is CC#CN[C@H]1CCC[C@H]1Nc1ncc2cc(-c3ccc(C(=O)NC4CC4)cc3OC)ccc2n1. The van der Waals surface area contributed by atoms with Crippen molar-refractivity contribution < 1.29 is 9.53 Å². The van der Waals surface area contributed by atoms with Gasteiger partial charge in [0, 0.05) is 40.8 Å². The van der Waals surface area contributed by atoms with Crippen LogP contribution in [0.25, 0.3) is 22.0 Å². The zero-order valence-electron chi connectivity index (χ0n) is 19.5. The average Bonchev–Trinajstić information content (AvgIpc) is 3.58. The van der Waals surface area contributed by atoms with Crippen molar-refractivity contribution in [2.24, 2.45) is 0 Å². The first kappa shape index (κ1) is 22.0. The van der Waals surface area contributed by atoms with Gasteiger partial charge in [0.15, 0.2) is 0 Å². The van der Waals surface area contributed by atoms with Crippen LogP contribution in [-0.2, 0) is 0 Å². The highest BCUT2D eigenvalue weighted by molar-refractivity contribution is 5.96.